The van der Waals surface area contributed by atoms with Crippen LogP contribution in [-0.4, -0.2) is 15.9 Å². The van der Waals surface area contributed by atoms with Gasteiger partial charge in [0, 0.05) is 24.2 Å². The van der Waals surface area contributed by atoms with E-state index in [1.807, 2.05) is 25.1 Å². The highest BCUT2D eigenvalue weighted by molar-refractivity contribution is 5.94. The predicted molar refractivity (Wildman–Crippen MR) is 65.4 cm³/mol. The summed E-state index contributed by atoms with van der Waals surface area (Å²) in [5.41, 5.74) is 8.46. The van der Waals surface area contributed by atoms with Gasteiger partial charge in [0.15, 0.2) is 0 Å². The van der Waals surface area contributed by atoms with Gasteiger partial charge in [-0.05, 0) is 29.7 Å². The van der Waals surface area contributed by atoms with Crippen molar-refractivity contribution in [3.63, 3.8) is 0 Å². The Balaban J connectivity index is 2.63. The van der Waals surface area contributed by atoms with Crippen LogP contribution in [0.1, 0.15) is 23.0 Å². The molecule has 0 radical (unpaired) electrons. The Labute approximate surface area is 99.5 Å². The first-order valence-electron chi connectivity index (χ1n) is 5.42. The molecule has 2 aromatic heterocycles. The highest BCUT2D eigenvalue weighted by Gasteiger charge is 2.13. The molecule has 0 aliphatic heterocycles. The molecular formula is C13H13N3O. The molecule has 2 rings (SSSR count). The van der Waals surface area contributed by atoms with E-state index in [1.54, 1.807) is 18.6 Å². The van der Waals surface area contributed by atoms with Crippen LogP contribution in [0.5, 0.6) is 0 Å². The number of rotatable bonds is 3. The zero-order valence-electron chi connectivity index (χ0n) is 9.55. The largest absolute Gasteiger partial charge is 0.364 e. The van der Waals surface area contributed by atoms with Crippen LogP contribution in [0.2, 0.25) is 0 Å². The molecule has 0 spiro atoms. The van der Waals surface area contributed by atoms with E-state index in [2.05, 4.69) is 9.97 Å². The van der Waals surface area contributed by atoms with E-state index in [9.17, 15) is 4.79 Å². The van der Waals surface area contributed by atoms with Gasteiger partial charge in [0.25, 0.3) is 5.91 Å². The number of nitrogens with two attached hydrogens (primary N) is 1. The maximum Gasteiger partial charge on any atom is 0.267 e. The average Bonchev–Trinajstić information content (AvgIpc) is 2.38. The molecular weight excluding hydrogens is 214 g/mol. The number of hydrogen-bond acceptors (Lipinski definition) is 3. The minimum atomic E-state index is -0.493. The summed E-state index contributed by atoms with van der Waals surface area (Å²) in [6, 6.07) is 5.69. The number of nitrogens with zero attached hydrogens (tertiary/aromatic N) is 2. The number of carbonyl (C=O) groups excluding carboxylic acids is 1. The van der Waals surface area contributed by atoms with Gasteiger partial charge >= 0.3 is 0 Å². The normalized spacial score (nSPS) is 10.2. The zero-order valence-corrected chi connectivity index (χ0v) is 9.55. The fourth-order valence-electron chi connectivity index (χ4n) is 1.86. The first-order chi connectivity index (χ1) is 8.24. The molecule has 0 saturated heterocycles. The van der Waals surface area contributed by atoms with E-state index >= 15 is 0 Å². The van der Waals surface area contributed by atoms with E-state index in [0.29, 0.717) is 12.1 Å². The topological polar surface area (TPSA) is 68.9 Å². The van der Waals surface area contributed by atoms with Crippen LogP contribution in [-0.2, 0) is 6.42 Å². The molecule has 4 nitrogen and oxygen atoms in total. The summed E-state index contributed by atoms with van der Waals surface area (Å²) in [6.07, 6.45) is 5.78. The number of amides is 1. The Hall–Kier alpha value is -2.23. The summed E-state index contributed by atoms with van der Waals surface area (Å²) in [4.78, 5) is 19.4. The van der Waals surface area contributed by atoms with Crippen LogP contribution < -0.4 is 5.73 Å². The van der Waals surface area contributed by atoms with Crippen molar-refractivity contribution in [1.82, 2.24) is 9.97 Å². The molecule has 0 saturated carbocycles. The molecule has 17 heavy (non-hydrogen) atoms. The van der Waals surface area contributed by atoms with Crippen LogP contribution in [0, 0.1) is 0 Å². The Kier molecular flexibility index (Phi) is 3.14. The minimum Gasteiger partial charge on any atom is -0.364 e. The SMILES string of the molecule is CCc1c(-c2cccnc2)ccnc1C(N)=O. The van der Waals surface area contributed by atoms with Crippen molar-refractivity contribution in [1.29, 1.82) is 0 Å². The minimum absolute atomic E-state index is 0.342. The summed E-state index contributed by atoms with van der Waals surface area (Å²) in [7, 11) is 0. The van der Waals surface area contributed by atoms with Crippen LogP contribution in [0.4, 0.5) is 0 Å². The monoisotopic (exact) mass is 227 g/mol. The fourth-order valence-corrected chi connectivity index (χ4v) is 1.86. The Morgan fingerprint density at radius 1 is 1.35 bits per heavy atom. The molecule has 0 unspecified atom stereocenters. The molecule has 1 amide bonds. The third-order valence-electron chi connectivity index (χ3n) is 2.62. The van der Waals surface area contributed by atoms with Gasteiger partial charge < -0.3 is 5.73 Å². The molecule has 0 fully saturated rings. The Bertz CT molecular complexity index is 538. The molecule has 2 N–H and O–H groups in total. The second-order valence-electron chi connectivity index (χ2n) is 3.65. The van der Waals surface area contributed by atoms with Crippen molar-refractivity contribution in [3.8, 4) is 11.1 Å². The van der Waals surface area contributed by atoms with Gasteiger partial charge in [-0.25, -0.2) is 0 Å². The lowest BCUT2D eigenvalue weighted by atomic mass is 9.98. The predicted octanol–water partition coefficient (Wildman–Crippen LogP) is 1.80. The number of hydrogen-bond donors (Lipinski definition) is 1. The molecule has 2 heterocycles. The molecule has 0 aliphatic rings. The van der Waals surface area contributed by atoms with E-state index in [-0.39, 0.29) is 0 Å². The summed E-state index contributed by atoms with van der Waals surface area (Å²) < 4.78 is 0. The molecule has 0 atom stereocenters. The number of pyridine rings is 2. The number of aromatic nitrogens is 2. The van der Waals surface area contributed by atoms with Crippen molar-refractivity contribution >= 4 is 5.91 Å². The van der Waals surface area contributed by atoms with E-state index in [1.165, 1.54) is 0 Å². The Morgan fingerprint density at radius 2 is 2.18 bits per heavy atom. The van der Waals surface area contributed by atoms with Crippen LogP contribution in [0.15, 0.2) is 36.8 Å². The van der Waals surface area contributed by atoms with Gasteiger partial charge in [-0.3, -0.25) is 14.8 Å². The molecule has 0 aromatic carbocycles. The average molecular weight is 227 g/mol. The standard InChI is InChI=1S/C13H13N3O/c1-2-10-11(9-4-3-6-15-8-9)5-7-16-12(10)13(14)17/h3-8H,2H2,1H3,(H2,14,17). The lowest BCUT2D eigenvalue weighted by Crippen LogP contribution is -2.16. The summed E-state index contributed by atoms with van der Waals surface area (Å²) in [6.45, 7) is 1.98. The highest BCUT2D eigenvalue weighted by atomic mass is 16.1. The van der Waals surface area contributed by atoms with Gasteiger partial charge in [-0.2, -0.15) is 0 Å². The summed E-state index contributed by atoms with van der Waals surface area (Å²) in [5.74, 6) is -0.493. The van der Waals surface area contributed by atoms with Crippen molar-refractivity contribution < 1.29 is 4.79 Å². The molecule has 86 valence electrons. The first-order valence-corrected chi connectivity index (χ1v) is 5.42. The van der Waals surface area contributed by atoms with Gasteiger partial charge in [-0.15, -0.1) is 0 Å². The fraction of sp³-hybridized carbons (Fsp3) is 0.154. The maximum atomic E-state index is 11.3. The van der Waals surface area contributed by atoms with E-state index < -0.39 is 5.91 Å². The second kappa shape index (κ2) is 4.74. The van der Waals surface area contributed by atoms with Gasteiger partial charge in [0.2, 0.25) is 0 Å². The van der Waals surface area contributed by atoms with E-state index in [0.717, 1.165) is 16.7 Å². The molecule has 0 aliphatic carbocycles. The number of primary amides is 1. The third kappa shape index (κ3) is 2.15. The van der Waals surface area contributed by atoms with Gasteiger partial charge in [-0.1, -0.05) is 13.0 Å². The molecule has 2 aromatic rings. The van der Waals surface area contributed by atoms with Crippen molar-refractivity contribution in [3.05, 3.63) is 48.0 Å². The lowest BCUT2D eigenvalue weighted by Gasteiger charge is -2.10. The number of carbonyl (C=O) groups is 1. The maximum absolute atomic E-state index is 11.3. The smallest absolute Gasteiger partial charge is 0.267 e. The third-order valence-corrected chi connectivity index (χ3v) is 2.62. The molecule has 0 bridgehead atoms. The lowest BCUT2D eigenvalue weighted by molar-refractivity contribution is 0.0994. The van der Waals surface area contributed by atoms with Crippen LogP contribution >= 0.6 is 0 Å². The molecule has 4 heteroatoms. The quantitative estimate of drug-likeness (QED) is 0.869. The summed E-state index contributed by atoms with van der Waals surface area (Å²) >= 11 is 0. The Morgan fingerprint density at radius 3 is 2.76 bits per heavy atom. The van der Waals surface area contributed by atoms with Crippen LogP contribution in [0.25, 0.3) is 11.1 Å². The van der Waals surface area contributed by atoms with E-state index in [4.69, 9.17) is 5.73 Å². The van der Waals surface area contributed by atoms with Gasteiger partial charge in [0.1, 0.15) is 5.69 Å². The highest BCUT2D eigenvalue weighted by Crippen LogP contribution is 2.24. The van der Waals surface area contributed by atoms with Gasteiger partial charge in [0.05, 0.1) is 0 Å². The summed E-state index contributed by atoms with van der Waals surface area (Å²) in [5, 5.41) is 0. The van der Waals surface area contributed by atoms with Crippen LogP contribution in [0.3, 0.4) is 0 Å². The first kappa shape index (κ1) is 11.3. The second-order valence-corrected chi connectivity index (χ2v) is 3.65. The van der Waals surface area contributed by atoms with Crippen molar-refractivity contribution in [2.75, 3.05) is 0 Å². The van der Waals surface area contributed by atoms with Crippen molar-refractivity contribution in [2.24, 2.45) is 5.73 Å². The van der Waals surface area contributed by atoms with Crippen molar-refractivity contribution in [2.45, 2.75) is 13.3 Å². The zero-order chi connectivity index (χ0) is 12.3.